The SMILES string of the molecule is N=CN(N=N)c1ccc(Cl)cc1N1CC(=O)N(C(Cc2ccccc2)C(=O)Nc2ccc3cn[nH]c3c2)CC1=O. The van der Waals surface area contributed by atoms with Crippen LogP contribution in [0.4, 0.5) is 17.1 Å². The lowest BCUT2D eigenvalue weighted by molar-refractivity contribution is -0.143. The van der Waals surface area contributed by atoms with Gasteiger partial charge in [-0.25, -0.2) is 5.01 Å². The van der Waals surface area contributed by atoms with Gasteiger partial charge in [0, 0.05) is 22.5 Å². The van der Waals surface area contributed by atoms with Gasteiger partial charge in [0.25, 0.3) is 0 Å². The van der Waals surface area contributed by atoms with Crippen LogP contribution in [-0.2, 0) is 20.8 Å². The molecular formula is C27H24ClN9O3. The summed E-state index contributed by atoms with van der Waals surface area (Å²) in [6.45, 7) is -0.730. The van der Waals surface area contributed by atoms with Crippen molar-refractivity contribution in [1.82, 2.24) is 15.1 Å². The van der Waals surface area contributed by atoms with E-state index >= 15 is 0 Å². The minimum absolute atomic E-state index is 0.194. The molecule has 4 N–H and O–H groups in total. The third kappa shape index (κ3) is 5.38. The number of aromatic amines is 1. The van der Waals surface area contributed by atoms with Crippen molar-refractivity contribution in [1.29, 1.82) is 10.9 Å². The van der Waals surface area contributed by atoms with Crippen LogP contribution in [-0.4, -0.2) is 58.3 Å². The molecule has 0 aliphatic carbocycles. The summed E-state index contributed by atoms with van der Waals surface area (Å²) in [4.78, 5) is 43.1. The molecule has 1 aliphatic rings. The summed E-state index contributed by atoms with van der Waals surface area (Å²) in [5.74, 6) is -1.35. The van der Waals surface area contributed by atoms with Crippen LogP contribution in [0.5, 0.6) is 0 Å². The van der Waals surface area contributed by atoms with Crippen LogP contribution in [0.25, 0.3) is 10.9 Å². The van der Waals surface area contributed by atoms with Crippen LogP contribution in [0.2, 0.25) is 5.02 Å². The van der Waals surface area contributed by atoms with Crippen LogP contribution in [0.3, 0.4) is 0 Å². The zero-order chi connectivity index (χ0) is 28.2. The van der Waals surface area contributed by atoms with Crippen LogP contribution in [0, 0.1) is 10.9 Å². The topological polar surface area (TPSA) is 162 Å². The van der Waals surface area contributed by atoms with E-state index in [0.29, 0.717) is 10.7 Å². The van der Waals surface area contributed by atoms with Gasteiger partial charge in [-0.3, -0.25) is 29.8 Å². The number of nitrogens with one attached hydrogen (secondary N) is 4. The lowest BCUT2D eigenvalue weighted by Gasteiger charge is -2.38. The molecule has 0 radical (unpaired) electrons. The summed E-state index contributed by atoms with van der Waals surface area (Å²) in [6, 6.07) is 18.1. The highest BCUT2D eigenvalue weighted by atomic mass is 35.5. The van der Waals surface area contributed by atoms with E-state index in [0.717, 1.165) is 27.8 Å². The van der Waals surface area contributed by atoms with Crippen LogP contribution >= 0.6 is 11.6 Å². The van der Waals surface area contributed by atoms with E-state index in [1.165, 1.54) is 28.0 Å². The maximum atomic E-state index is 13.6. The lowest BCUT2D eigenvalue weighted by Crippen LogP contribution is -2.60. The maximum Gasteiger partial charge on any atom is 0.247 e. The van der Waals surface area contributed by atoms with Crippen molar-refractivity contribution < 1.29 is 14.4 Å². The Bertz CT molecular complexity index is 1600. The molecule has 0 saturated carbocycles. The number of H-pyrrole nitrogens is 1. The van der Waals surface area contributed by atoms with Gasteiger partial charge in [0.15, 0.2) is 0 Å². The number of halogens is 1. The average molecular weight is 558 g/mol. The van der Waals surface area contributed by atoms with E-state index in [-0.39, 0.29) is 30.9 Å². The number of nitrogens with zero attached hydrogens (tertiary/aromatic N) is 5. The van der Waals surface area contributed by atoms with Gasteiger partial charge in [0.2, 0.25) is 17.7 Å². The van der Waals surface area contributed by atoms with E-state index in [9.17, 15) is 14.4 Å². The summed E-state index contributed by atoms with van der Waals surface area (Å²) in [5.41, 5.74) is 9.90. The number of benzene rings is 3. The molecule has 13 heteroatoms. The monoisotopic (exact) mass is 557 g/mol. The molecular weight excluding hydrogens is 534 g/mol. The number of carbonyl (C=O) groups is 3. The number of hydrogen-bond donors (Lipinski definition) is 4. The summed E-state index contributed by atoms with van der Waals surface area (Å²) in [6.07, 6.45) is 2.68. The Morgan fingerprint density at radius 3 is 2.67 bits per heavy atom. The van der Waals surface area contributed by atoms with Crippen LogP contribution < -0.4 is 15.2 Å². The van der Waals surface area contributed by atoms with E-state index in [2.05, 4.69) is 20.7 Å². The molecule has 3 amide bonds. The first kappa shape index (κ1) is 26.5. The van der Waals surface area contributed by atoms with Gasteiger partial charge in [0.1, 0.15) is 25.5 Å². The predicted molar refractivity (Wildman–Crippen MR) is 151 cm³/mol. The van der Waals surface area contributed by atoms with Crippen LogP contribution in [0.15, 0.2) is 78.2 Å². The number of carbonyl (C=O) groups excluding carboxylic acids is 3. The third-order valence-electron chi connectivity index (χ3n) is 6.59. The Balaban J connectivity index is 1.43. The van der Waals surface area contributed by atoms with Crippen LogP contribution in [0.1, 0.15) is 5.56 Å². The summed E-state index contributed by atoms with van der Waals surface area (Å²) in [5, 5.41) is 22.7. The fourth-order valence-corrected chi connectivity index (χ4v) is 4.78. The van der Waals surface area contributed by atoms with Crippen molar-refractivity contribution in [3.63, 3.8) is 0 Å². The largest absolute Gasteiger partial charge is 0.324 e. The Kier molecular flexibility index (Phi) is 7.51. The molecule has 40 heavy (non-hydrogen) atoms. The molecule has 5 rings (SSSR count). The van der Waals surface area contributed by atoms with Crippen molar-refractivity contribution >= 4 is 63.6 Å². The quantitative estimate of drug-likeness (QED) is 0.106. The standard InChI is InChI=1S/C27H24ClN9O3/c28-19-7-9-22(37(16-29)34-30)23(11-19)35-14-26(39)36(15-25(35)38)24(10-17-4-2-1-3-5-17)27(40)32-20-8-6-18-13-31-33-21(18)12-20/h1-9,11-13,16,24,29-30H,10,14-15H2,(H,31,33)(H,32,40). The van der Waals surface area contributed by atoms with Crippen molar-refractivity contribution in [3.8, 4) is 0 Å². The van der Waals surface area contributed by atoms with Crippen molar-refractivity contribution in [3.05, 3.63) is 83.5 Å². The second kappa shape index (κ2) is 11.3. The van der Waals surface area contributed by atoms with Gasteiger partial charge in [-0.1, -0.05) is 47.2 Å². The number of aromatic nitrogens is 2. The molecule has 2 heterocycles. The molecule has 202 valence electrons. The van der Waals surface area contributed by atoms with Gasteiger partial charge < -0.3 is 10.2 Å². The third-order valence-corrected chi connectivity index (χ3v) is 6.82. The van der Waals surface area contributed by atoms with E-state index in [4.69, 9.17) is 22.5 Å². The highest BCUT2D eigenvalue weighted by Crippen LogP contribution is 2.34. The first-order valence-corrected chi connectivity index (χ1v) is 12.6. The zero-order valence-corrected chi connectivity index (χ0v) is 21.8. The minimum atomic E-state index is -0.974. The van der Waals surface area contributed by atoms with Crippen molar-refractivity contribution in [2.75, 3.05) is 28.3 Å². The molecule has 0 bridgehead atoms. The molecule has 4 aromatic rings. The number of anilines is 3. The fraction of sp³-hybridized carbons (Fsp3) is 0.148. The molecule has 1 aliphatic heterocycles. The second-order valence-corrected chi connectivity index (χ2v) is 9.51. The zero-order valence-electron chi connectivity index (χ0n) is 21.0. The fourth-order valence-electron chi connectivity index (χ4n) is 4.62. The normalized spacial score (nSPS) is 14.2. The Morgan fingerprint density at radius 1 is 1.12 bits per heavy atom. The van der Waals surface area contributed by atoms with E-state index < -0.39 is 23.8 Å². The Hall–Kier alpha value is -5.10. The van der Waals surface area contributed by atoms with Gasteiger partial charge in [-0.2, -0.15) is 10.6 Å². The number of hydrogen-bond acceptors (Lipinski definition) is 7. The molecule has 1 fully saturated rings. The summed E-state index contributed by atoms with van der Waals surface area (Å²) < 4.78 is 0. The predicted octanol–water partition coefficient (Wildman–Crippen LogP) is 4.00. The Labute approximate surface area is 233 Å². The molecule has 1 aromatic heterocycles. The van der Waals surface area contributed by atoms with E-state index in [1.54, 1.807) is 18.3 Å². The molecule has 1 saturated heterocycles. The first-order chi connectivity index (χ1) is 19.4. The maximum absolute atomic E-state index is 13.6. The average Bonchev–Trinajstić information content (AvgIpc) is 3.43. The number of rotatable bonds is 9. The second-order valence-electron chi connectivity index (χ2n) is 9.08. The van der Waals surface area contributed by atoms with Crippen molar-refractivity contribution in [2.45, 2.75) is 12.5 Å². The van der Waals surface area contributed by atoms with Gasteiger partial charge >= 0.3 is 0 Å². The number of fused-ring (bicyclic) bond motifs is 1. The van der Waals surface area contributed by atoms with Crippen molar-refractivity contribution in [2.24, 2.45) is 5.22 Å². The van der Waals surface area contributed by atoms with Gasteiger partial charge in [-0.05, 0) is 42.0 Å². The molecule has 1 atom stereocenters. The number of amides is 3. The summed E-state index contributed by atoms with van der Waals surface area (Å²) in [7, 11) is 0. The molecule has 3 aromatic carbocycles. The van der Waals surface area contributed by atoms with Gasteiger partial charge in [0.05, 0.1) is 23.1 Å². The molecule has 0 spiro atoms. The van der Waals surface area contributed by atoms with E-state index in [1.807, 2.05) is 36.4 Å². The highest BCUT2D eigenvalue weighted by Gasteiger charge is 2.39. The highest BCUT2D eigenvalue weighted by molar-refractivity contribution is 6.31. The summed E-state index contributed by atoms with van der Waals surface area (Å²) >= 11 is 6.18. The lowest BCUT2D eigenvalue weighted by atomic mass is 10.0. The molecule has 1 unspecified atom stereocenters. The Morgan fingerprint density at radius 2 is 1.93 bits per heavy atom. The number of piperazine rings is 1. The van der Waals surface area contributed by atoms with Gasteiger partial charge in [-0.15, -0.1) is 0 Å². The first-order valence-electron chi connectivity index (χ1n) is 12.2. The smallest absolute Gasteiger partial charge is 0.247 e. The minimum Gasteiger partial charge on any atom is -0.324 e. The molecule has 12 nitrogen and oxygen atoms in total.